The van der Waals surface area contributed by atoms with Gasteiger partial charge in [0.25, 0.3) is 11.7 Å². The van der Waals surface area contributed by atoms with Crippen LogP contribution in [-0.4, -0.2) is 43.1 Å². The number of para-hydroxylation sites is 1. The highest BCUT2D eigenvalue weighted by atomic mass is 32.2. The lowest BCUT2D eigenvalue weighted by molar-refractivity contribution is -0.114. The Morgan fingerprint density at radius 3 is 2.54 bits per heavy atom. The summed E-state index contributed by atoms with van der Waals surface area (Å²) in [5.74, 6) is -3.09. The molecule has 0 aromatic heterocycles. The number of amides is 2. The van der Waals surface area contributed by atoms with E-state index in [0.717, 1.165) is 0 Å². The second-order valence-electron chi connectivity index (χ2n) is 5.56. The number of rotatable bonds is 7. The summed E-state index contributed by atoms with van der Waals surface area (Å²) in [6, 6.07) is 13.2. The SMILES string of the molecule is CN(C)C(=O)c1cccc(NCC(=O)Nc2ccccc2SC(F)F)c1. The fraction of sp³-hybridized carbons (Fsp3) is 0.222. The summed E-state index contributed by atoms with van der Waals surface area (Å²) in [7, 11) is 3.31. The molecule has 8 heteroatoms. The molecule has 2 N–H and O–H groups in total. The van der Waals surface area contributed by atoms with Crippen LogP contribution in [0.1, 0.15) is 10.4 Å². The third-order valence-corrected chi connectivity index (χ3v) is 4.13. The van der Waals surface area contributed by atoms with E-state index >= 15 is 0 Å². The normalized spacial score (nSPS) is 10.5. The van der Waals surface area contributed by atoms with Crippen LogP contribution in [0, 0.1) is 0 Å². The van der Waals surface area contributed by atoms with Crippen molar-refractivity contribution in [2.75, 3.05) is 31.3 Å². The molecule has 2 aromatic rings. The van der Waals surface area contributed by atoms with Gasteiger partial charge in [-0.15, -0.1) is 0 Å². The first-order valence-corrected chi connectivity index (χ1v) is 8.64. The Bertz CT molecular complexity index is 785. The Kier molecular flexibility index (Phi) is 6.97. The predicted molar refractivity (Wildman–Crippen MR) is 99.9 cm³/mol. The minimum Gasteiger partial charge on any atom is -0.376 e. The van der Waals surface area contributed by atoms with Gasteiger partial charge in [0.15, 0.2) is 0 Å². The smallest absolute Gasteiger partial charge is 0.288 e. The van der Waals surface area contributed by atoms with E-state index in [2.05, 4.69) is 10.6 Å². The van der Waals surface area contributed by atoms with Gasteiger partial charge in [-0.3, -0.25) is 9.59 Å². The molecule has 2 rings (SSSR count). The highest BCUT2D eigenvalue weighted by molar-refractivity contribution is 7.99. The first kappa shape index (κ1) is 19.7. The van der Waals surface area contributed by atoms with Gasteiger partial charge in [0.05, 0.1) is 12.2 Å². The minimum absolute atomic E-state index is 0.0622. The maximum atomic E-state index is 12.6. The molecule has 0 bridgehead atoms. The molecule has 2 aromatic carbocycles. The molecule has 0 fully saturated rings. The number of alkyl halides is 2. The van der Waals surface area contributed by atoms with Gasteiger partial charge in [0.2, 0.25) is 5.91 Å². The topological polar surface area (TPSA) is 61.4 Å². The number of carbonyl (C=O) groups is 2. The maximum Gasteiger partial charge on any atom is 0.288 e. The van der Waals surface area contributed by atoms with E-state index in [0.29, 0.717) is 33.6 Å². The number of halogens is 2. The van der Waals surface area contributed by atoms with Crippen LogP contribution in [0.15, 0.2) is 53.4 Å². The second kappa shape index (κ2) is 9.19. The van der Waals surface area contributed by atoms with Crippen LogP contribution in [-0.2, 0) is 4.79 Å². The Labute approximate surface area is 154 Å². The third-order valence-electron chi connectivity index (χ3n) is 3.35. The molecule has 2 amide bonds. The number of thioether (sulfide) groups is 1. The van der Waals surface area contributed by atoms with Gasteiger partial charge in [0.1, 0.15) is 0 Å². The molecule has 0 saturated heterocycles. The summed E-state index contributed by atoms with van der Waals surface area (Å²) in [5.41, 5.74) is 1.45. The van der Waals surface area contributed by atoms with Gasteiger partial charge < -0.3 is 15.5 Å². The summed E-state index contributed by atoms with van der Waals surface area (Å²) in [6.07, 6.45) is 0. The van der Waals surface area contributed by atoms with Crippen molar-refractivity contribution in [1.82, 2.24) is 4.90 Å². The zero-order valence-corrected chi connectivity index (χ0v) is 15.1. The number of anilines is 2. The van der Waals surface area contributed by atoms with Gasteiger partial charge >= 0.3 is 0 Å². The summed E-state index contributed by atoms with van der Waals surface area (Å²) in [6.45, 7) is -0.0622. The summed E-state index contributed by atoms with van der Waals surface area (Å²) >= 11 is 0.379. The number of hydrogen-bond donors (Lipinski definition) is 2. The number of nitrogens with one attached hydrogen (secondary N) is 2. The molecule has 138 valence electrons. The number of hydrogen-bond acceptors (Lipinski definition) is 4. The highest BCUT2D eigenvalue weighted by Crippen LogP contribution is 2.31. The predicted octanol–water partition coefficient (Wildman–Crippen LogP) is 3.75. The van der Waals surface area contributed by atoms with Gasteiger partial charge in [0, 0.05) is 30.2 Å². The Balaban J connectivity index is 1.98. The van der Waals surface area contributed by atoms with Crippen LogP contribution in [0.25, 0.3) is 0 Å². The van der Waals surface area contributed by atoms with E-state index in [-0.39, 0.29) is 18.4 Å². The molecule has 0 aliphatic heterocycles. The number of carbonyl (C=O) groups excluding carboxylic acids is 2. The van der Waals surface area contributed by atoms with Crippen LogP contribution in [0.4, 0.5) is 20.2 Å². The van der Waals surface area contributed by atoms with Crippen molar-refractivity contribution in [3.63, 3.8) is 0 Å². The Hall–Kier alpha value is -2.61. The monoisotopic (exact) mass is 379 g/mol. The average Bonchev–Trinajstić information content (AvgIpc) is 2.60. The van der Waals surface area contributed by atoms with E-state index in [1.165, 1.54) is 11.0 Å². The van der Waals surface area contributed by atoms with Crippen molar-refractivity contribution in [1.29, 1.82) is 0 Å². The van der Waals surface area contributed by atoms with Gasteiger partial charge in [-0.25, -0.2) is 0 Å². The highest BCUT2D eigenvalue weighted by Gasteiger charge is 2.12. The van der Waals surface area contributed by atoms with E-state index < -0.39 is 5.76 Å². The van der Waals surface area contributed by atoms with Gasteiger partial charge in [-0.1, -0.05) is 30.0 Å². The molecular weight excluding hydrogens is 360 g/mol. The largest absolute Gasteiger partial charge is 0.376 e. The van der Waals surface area contributed by atoms with Crippen molar-refractivity contribution >= 4 is 35.0 Å². The lowest BCUT2D eigenvalue weighted by atomic mass is 10.2. The molecule has 0 radical (unpaired) electrons. The van der Waals surface area contributed by atoms with Crippen molar-refractivity contribution < 1.29 is 18.4 Å². The maximum absolute atomic E-state index is 12.6. The zero-order valence-electron chi connectivity index (χ0n) is 14.3. The standard InChI is InChI=1S/C18H19F2N3O2S/c1-23(2)17(25)12-6-5-7-13(10-12)21-11-16(24)22-14-8-3-4-9-15(14)26-18(19)20/h3-10,18,21H,11H2,1-2H3,(H,22,24). The number of benzene rings is 2. The molecule has 0 unspecified atom stereocenters. The van der Waals surface area contributed by atoms with Crippen molar-refractivity contribution in [2.45, 2.75) is 10.7 Å². The van der Waals surface area contributed by atoms with Crippen molar-refractivity contribution in [2.24, 2.45) is 0 Å². The molecule has 0 atom stereocenters. The van der Waals surface area contributed by atoms with Gasteiger partial charge in [-0.05, 0) is 30.3 Å². The van der Waals surface area contributed by atoms with Crippen LogP contribution in [0.3, 0.4) is 0 Å². The quantitative estimate of drug-likeness (QED) is 0.720. The number of nitrogens with zero attached hydrogens (tertiary/aromatic N) is 1. The molecule has 0 saturated carbocycles. The van der Waals surface area contributed by atoms with Crippen LogP contribution in [0.2, 0.25) is 0 Å². The summed E-state index contributed by atoms with van der Waals surface area (Å²) in [4.78, 5) is 25.8. The first-order valence-electron chi connectivity index (χ1n) is 7.76. The van der Waals surface area contributed by atoms with E-state index in [1.54, 1.807) is 56.6 Å². The van der Waals surface area contributed by atoms with E-state index in [4.69, 9.17) is 0 Å². The second-order valence-corrected chi connectivity index (χ2v) is 6.59. The first-order chi connectivity index (χ1) is 12.4. The lowest BCUT2D eigenvalue weighted by Crippen LogP contribution is -2.23. The van der Waals surface area contributed by atoms with Crippen LogP contribution in [0.5, 0.6) is 0 Å². The van der Waals surface area contributed by atoms with E-state index in [1.807, 2.05) is 0 Å². The van der Waals surface area contributed by atoms with Crippen LogP contribution >= 0.6 is 11.8 Å². The Morgan fingerprint density at radius 1 is 1.12 bits per heavy atom. The summed E-state index contributed by atoms with van der Waals surface area (Å²) < 4.78 is 25.1. The molecule has 0 spiro atoms. The fourth-order valence-electron chi connectivity index (χ4n) is 2.17. The minimum atomic E-state index is -2.57. The molecule has 5 nitrogen and oxygen atoms in total. The molecular formula is C18H19F2N3O2S. The van der Waals surface area contributed by atoms with E-state index in [9.17, 15) is 18.4 Å². The zero-order chi connectivity index (χ0) is 19.1. The van der Waals surface area contributed by atoms with Crippen molar-refractivity contribution in [3.05, 3.63) is 54.1 Å². The third kappa shape index (κ3) is 5.73. The molecule has 0 heterocycles. The van der Waals surface area contributed by atoms with Gasteiger partial charge in [-0.2, -0.15) is 8.78 Å². The fourth-order valence-corrected chi connectivity index (χ4v) is 2.76. The molecule has 26 heavy (non-hydrogen) atoms. The molecule has 0 aliphatic rings. The molecule has 0 aliphatic carbocycles. The van der Waals surface area contributed by atoms with Crippen LogP contribution < -0.4 is 10.6 Å². The summed E-state index contributed by atoms with van der Waals surface area (Å²) in [5, 5.41) is 5.53. The Morgan fingerprint density at radius 2 is 1.85 bits per heavy atom. The lowest BCUT2D eigenvalue weighted by Gasteiger charge is -2.13. The average molecular weight is 379 g/mol. The van der Waals surface area contributed by atoms with Crippen molar-refractivity contribution in [3.8, 4) is 0 Å².